The number of Topliss-reactive ketones (excluding diaryl/α,β-unsaturated/α-hetero) is 1. The number of likely N-dealkylation sites (tertiary alicyclic amines) is 1. The average Bonchev–Trinajstić information content (AvgIpc) is 3.26. The minimum absolute atomic E-state index is 0.168. The minimum atomic E-state index is 0.168. The summed E-state index contributed by atoms with van der Waals surface area (Å²) in [6, 6.07) is 16.6. The number of ether oxygens (including phenoxy) is 1. The number of aromatic amines is 1. The first-order valence-electron chi connectivity index (χ1n) is 10.4. The van der Waals surface area contributed by atoms with E-state index in [2.05, 4.69) is 52.4 Å². The van der Waals surface area contributed by atoms with Crippen LogP contribution in [0.2, 0.25) is 0 Å². The fourth-order valence-electron chi connectivity index (χ4n) is 4.71. The highest BCUT2D eigenvalue weighted by atomic mass is 16.5. The van der Waals surface area contributed by atoms with E-state index in [1.54, 1.807) is 7.11 Å². The van der Waals surface area contributed by atoms with E-state index in [-0.39, 0.29) is 5.78 Å². The molecule has 1 N–H and O–H groups in total. The molecule has 1 aromatic heterocycles. The average molecular weight is 386 g/mol. The van der Waals surface area contributed by atoms with Gasteiger partial charge in [-0.3, -0.25) is 9.69 Å². The van der Waals surface area contributed by atoms with E-state index in [1.165, 1.54) is 5.56 Å². The molecule has 1 aliphatic carbocycles. The van der Waals surface area contributed by atoms with E-state index in [0.717, 1.165) is 72.4 Å². The molecule has 0 bridgehead atoms. The van der Waals surface area contributed by atoms with E-state index < -0.39 is 0 Å². The number of fused-ring (bicyclic) bond motifs is 3. The quantitative estimate of drug-likeness (QED) is 0.658. The van der Waals surface area contributed by atoms with Crippen LogP contribution in [0.4, 0.5) is 0 Å². The summed E-state index contributed by atoms with van der Waals surface area (Å²) in [5.74, 6) is 1.47. The number of nitrogens with zero attached hydrogens (tertiary/aromatic N) is 1. The number of hydrogen-bond acceptors (Lipinski definition) is 3. The lowest BCUT2D eigenvalue weighted by Gasteiger charge is -2.30. The molecule has 29 heavy (non-hydrogen) atoms. The molecule has 2 heterocycles. The highest BCUT2D eigenvalue weighted by Gasteiger charge is 2.30. The number of carbonyl (C=O) groups is 1. The Hall–Kier alpha value is -2.85. The molecule has 1 fully saturated rings. The molecular weight excluding hydrogens is 360 g/mol. The summed E-state index contributed by atoms with van der Waals surface area (Å²) in [5, 5.41) is 1.13. The van der Waals surface area contributed by atoms with Crippen molar-refractivity contribution in [1.29, 1.82) is 0 Å². The zero-order chi connectivity index (χ0) is 19.8. The molecule has 0 saturated carbocycles. The van der Waals surface area contributed by atoms with Crippen molar-refractivity contribution < 1.29 is 9.53 Å². The van der Waals surface area contributed by atoms with Gasteiger partial charge in [-0.15, -0.1) is 0 Å². The van der Waals surface area contributed by atoms with E-state index in [4.69, 9.17) is 4.74 Å². The number of allylic oxidation sites excluding steroid dienone is 2. The van der Waals surface area contributed by atoms with Gasteiger partial charge in [-0.2, -0.15) is 0 Å². The Labute approximate surface area is 171 Å². The second kappa shape index (κ2) is 7.53. The zero-order valence-corrected chi connectivity index (χ0v) is 16.8. The van der Waals surface area contributed by atoms with Crippen LogP contribution >= 0.6 is 0 Å². The molecule has 5 rings (SSSR count). The van der Waals surface area contributed by atoms with Gasteiger partial charge in [-0.05, 0) is 55.1 Å². The molecule has 148 valence electrons. The van der Waals surface area contributed by atoms with E-state index in [0.29, 0.717) is 5.92 Å². The van der Waals surface area contributed by atoms with Crippen LogP contribution in [0, 0.1) is 5.92 Å². The van der Waals surface area contributed by atoms with Crippen LogP contribution in [0.25, 0.3) is 10.9 Å². The smallest absolute Gasteiger partial charge is 0.205 e. The van der Waals surface area contributed by atoms with Crippen molar-refractivity contribution in [1.82, 2.24) is 9.88 Å². The Bertz CT molecular complexity index is 1070. The number of hydrogen-bond donors (Lipinski definition) is 1. The third-order valence-electron chi connectivity index (χ3n) is 6.32. The lowest BCUT2D eigenvalue weighted by molar-refractivity contribution is 0.103. The zero-order valence-electron chi connectivity index (χ0n) is 16.8. The third-order valence-corrected chi connectivity index (χ3v) is 6.32. The maximum atomic E-state index is 13.0. The van der Waals surface area contributed by atoms with Crippen LogP contribution in [0.3, 0.4) is 0 Å². The number of aromatic nitrogens is 1. The number of nitrogens with one attached hydrogen (secondary N) is 1. The second-order valence-corrected chi connectivity index (χ2v) is 8.19. The summed E-state index contributed by atoms with van der Waals surface area (Å²) in [6.45, 7) is 3.19. The fourth-order valence-corrected chi connectivity index (χ4v) is 4.71. The summed E-state index contributed by atoms with van der Waals surface area (Å²) >= 11 is 0. The van der Waals surface area contributed by atoms with E-state index >= 15 is 0 Å². The number of methoxy groups -OCH3 is 1. The highest BCUT2D eigenvalue weighted by Crippen LogP contribution is 2.35. The van der Waals surface area contributed by atoms with Crippen molar-refractivity contribution in [2.45, 2.75) is 25.8 Å². The molecule has 4 nitrogen and oxygen atoms in total. The Kier molecular flexibility index (Phi) is 4.72. The summed E-state index contributed by atoms with van der Waals surface area (Å²) < 4.78 is 5.30. The first kappa shape index (κ1) is 18.2. The Balaban J connectivity index is 1.26. The monoisotopic (exact) mass is 386 g/mol. The van der Waals surface area contributed by atoms with Gasteiger partial charge < -0.3 is 9.72 Å². The largest absolute Gasteiger partial charge is 0.497 e. The van der Waals surface area contributed by atoms with Crippen LogP contribution in [0.5, 0.6) is 5.75 Å². The van der Waals surface area contributed by atoms with Gasteiger partial charge in [-0.25, -0.2) is 0 Å². The highest BCUT2D eigenvalue weighted by molar-refractivity contribution is 6.15. The maximum Gasteiger partial charge on any atom is 0.205 e. The fraction of sp³-hybridized carbons (Fsp3) is 0.320. The molecule has 2 aliphatic rings. The molecule has 4 heteroatoms. The molecule has 0 radical (unpaired) electrons. The van der Waals surface area contributed by atoms with Crippen molar-refractivity contribution in [3.63, 3.8) is 0 Å². The van der Waals surface area contributed by atoms with E-state index in [9.17, 15) is 4.79 Å². The van der Waals surface area contributed by atoms with Crippen LogP contribution in [0.15, 0.2) is 60.2 Å². The molecule has 2 aromatic carbocycles. The van der Waals surface area contributed by atoms with Crippen molar-refractivity contribution >= 4 is 16.7 Å². The number of rotatable bonds is 4. The SMILES string of the molecule is COc1ccc2c3c([nH]c2c1)C(=O)/C(=C/C1CCN(Cc2ccccc2)CC1)C3. The first-order chi connectivity index (χ1) is 14.2. The topological polar surface area (TPSA) is 45.3 Å². The van der Waals surface area contributed by atoms with Crippen LogP contribution in [0.1, 0.15) is 34.5 Å². The molecule has 1 saturated heterocycles. The Morgan fingerprint density at radius 1 is 1.14 bits per heavy atom. The predicted octanol–water partition coefficient (Wildman–Crippen LogP) is 4.75. The van der Waals surface area contributed by atoms with Gasteiger partial charge in [0.1, 0.15) is 5.75 Å². The van der Waals surface area contributed by atoms with E-state index in [1.807, 2.05) is 12.1 Å². The number of benzene rings is 2. The summed E-state index contributed by atoms with van der Waals surface area (Å²) in [6.07, 6.45) is 5.24. The van der Waals surface area contributed by atoms with Crippen LogP contribution in [-0.4, -0.2) is 35.9 Å². The lowest BCUT2D eigenvalue weighted by Crippen LogP contribution is -2.32. The van der Waals surface area contributed by atoms with Gasteiger partial charge in [-0.1, -0.05) is 36.4 Å². The third kappa shape index (κ3) is 3.49. The molecular formula is C25H26N2O2. The Morgan fingerprint density at radius 3 is 2.69 bits per heavy atom. The molecule has 0 spiro atoms. The van der Waals surface area contributed by atoms with Gasteiger partial charge in [0.15, 0.2) is 0 Å². The molecule has 0 amide bonds. The van der Waals surface area contributed by atoms with Crippen molar-refractivity contribution in [3.05, 3.63) is 77.0 Å². The Morgan fingerprint density at radius 2 is 1.93 bits per heavy atom. The minimum Gasteiger partial charge on any atom is -0.497 e. The molecule has 0 unspecified atom stereocenters. The van der Waals surface area contributed by atoms with Crippen molar-refractivity contribution in [2.75, 3.05) is 20.2 Å². The number of carbonyl (C=O) groups excluding carboxylic acids is 1. The van der Waals surface area contributed by atoms with Gasteiger partial charge >= 0.3 is 0 Å². The lowest BCUT2D eigenvalue weighted by atomic mass is 9.93. The summed E-state index contributed by atoms with van der Waals surface area (Å²) in [7, 11) is 1.66. The normalized spacial score (nSPS) is 19.2. The summed E-state index contributed by atoms with van der Waals surface area (Å²) in [4.78, 5) is 18.8. The first-order valence-corrected chi connectivity index (χ1v) is 10.4. The van der Waals surface area contributed by atoms with Gasteiger partial charge in [0.25, 0.3) is 0 Å². The molecule has 3 aromatic rings. The number of ketones is 1. The van der Waals surface area contributed by atoms with Crippen LogP contribution in [-0.2, 0) is 13.0 Å². The molecule has 0 atom stereocenters. The second-order valence-electron chi connectivity index (χ2n) is 8.19. The number of piperidine rings is 1. The predicted molar refractivity (Wildman–Crippen MR) is 115 cm³/mol. The van der Waals surface area contributed by atoms with Gasteiger partial charge in [0.05, 0.1) is 12.8 Å². The number of H-pyrrole nitrogens is 1. The van der Waals surface area contributed by atoms with Gasteiger partial charge in [0.2, 0.25) is 5.78 Å². The standard InChI is InChI=1S/C25H26N2O2/c1-29-20-7-8-21-22-14-19(25(28)24(22)26-23(21)15-20)13-17-9-11-27(12-10-17)16-18-5-3-2-4-6-18/h2-8,13,15,17,26H,9-12,14,16H2,1H3/b19-13+. The molecule has 1 aliphatic heterocycles. The van der Waals surface area contributed by atoms with Crippen LogP contribution < -0.4 is 4.74 Å². The maximum absolute atomic E-state index is 13.0. The van der Waals surface area contributed by atoms with Gasteiger partial charge in [0, 0.05) is 35.5 Å². The van der Waals surface area contributed by atoms with Crippen molar-refractivity contribution in [3.8, 4) is 5.75 Å². The van der Waals surface area contributed by atoms with Crippen molar-refractivity contribution in [2.24, 2.45) is 5.92 Å². The summed E-state index contributed by atoms with van der Waals surface area (Å²) in [5.41, 5.74) is 5.22.